The third kappa shape index (κ3) is 3.99. The number of ether oxygens (including phenoxy) is 2. The first-order chi connectivity index (χ1) is 11.3. The van der Waals surface area contributed by atoms with E-state index in [0.29, 0.717) is 13.0 Å². The summed E-state index contributed by atoms with van der Waals surface area (Å²) in [5.41, 5.74) is 0.134. The monoisotopic (exact) mass is 335 g/mol. The van der Waals surface area contributed by atoms with E-state index in [1.54, 1.807) is 28.1 Å². The first kappa shape index (κ1) is 18.1. The molecule has 2 atom stereocenters. The van der Waals surface area contributed by atoms with E-state index in [0.717, 1.165) is 23.5 Å². The zero-order chi connectivity index (χ0) is 17.9. The molecule has 0 aliphatic heterocycles. The fourth-order valence-electron chi connectivity index (χ4n) is 2.69. The zero-order valence-electron chi connectivity index (χ0n) is 14.6. The van der Waals surface area contributed by atoms with Crippen LogP contribution in [0.25, 0.3) is 0 Å². The highest BCUT2D eigenvalue weighted by Crippen LogP contribution is 2.51. The molecule has 0 radical (unpaired) electrons. The van der Waals surface area contributed by atoms with E-state index in [4.69, 9.17) is 14.6 Å². The topological polar surface area (TPSA) is 84.9 Å². The molecule has 24 heavy (non-hydrogen) atoms. The molecule has 1 fully saturated rings. The summed E-state index contributed by atoms with van der Waals surface area (Å²) in [6.07, 6.45) is 1.16. The van der Waals surface area contributed by atoms with Crippen molar-refractivity contribution in [2.45, 2.75) is 32.6 Å². The lowest BCUT2D eigenvalue weighted by molar-refractivity contribution is -0.147. The van der Waals surface area contributed by atoms with Crippen LogP contribution >= 0.6 is 0 Å². The summed E-state index contributed by atoms with van der Waals surface area (Å²) in [7, 11) is 3.21. The highest BCUT2D eigenvalue weighted by molar-refractivity contribution is 5.83. The van der Waals surface area contributed by atoms with Gasteiger partial charge in [0.2, 0.25) is 5.91 Å². The van der Waals surface area contributed by atoms with Crippen LogP contribution in [0.5, 0.6) is 11.5 Å². The molecule has 0 bridgehead atoms. The van der Waals surface area contributed by atoms with Crippen molar-refractivity contribution in [2.75, 3.05) is 20.8 Å². The van der Waals surface area contributed by atoms with Crippen molar-refractivity contribution in [3.8, 4) is 11.5 Å². The average Bonchev–Trinajstić information content (AvgIpc) is 3.34. The lowest BCUT2D eigenvalue weighted by Gasteiger charge is -2.19. The van der Waals surface area contributed by atoms with E-state index in [2.05, 4.69) is 5.32 Å². The molecule has 2 rings (SSSR count). The third-order valence-corrected chi connectivity index (χ3v) is 4.59. The van der Waals surface area contributed by atoms with Gasteiger partial charge in [0, 0.05) is 23.9 Å². The van der Waals surface area contributed by atoms with Gasteiger partial charge in [-0.2, -0.15) is 0 Å². The van der Waals surface area contributed by atoms with Crippen molar-refractivity contribution in [3.63, 3.8) is 0 Å². The maximum Gasteiger partial charge on any atom is 0.309 e. The van der Waals surface area contributed by atoms with Gasteiger partial charge in [-0.15, -0.1) is 0 Å². The van der Waals surface area contributed by atoms with E-state index in [9.17, 15) is 9.59 Å². The molecule has 1 aliphatic rings. The Morgan fingerprint density at radius 1 is 1.29 bits per heavy atom. The summed E-state index contributed by atoms with van der Waals surface area (Å²) in [5, 5.41) is 11.9. The van der Waals surface area contributed by atoms with E-state index in [-0.39, 0.29) is 17.7 Å². The first-order valence-electron chi connectivity index (χ1n) is 8.03. The highest BCUT2D eigenvalue weighted by Gasteiger charge is 2.45. The molecule has 1 aromatic rings. The Morgan fingerprint density at radius 3 is 2.58 bits per heavy atom. The number of carboxylic acids is 1. The molecule has 0 spiro atoms. The molecule has 2 unspecified atom stereocenters. The van der Waals surface area contributed by atoms with Crippen LogP contribution in [0.15, 0.2) is 18.2 Å². The van der Waals surface area contributed by atoms with Crippen LogP contribution in [0.2, 0.25) is 0 Å². The number of hydrogen-bond donors (Lipinski definition) is 2. The molecule has 0 saturated heterocycles. The van der Waals surface area contributed by atoms with Crippen LogP contribution in [-0.4, -0.2) is 37.7 Å². The minimum Gasteiger partial charge on any atom is -0.497 e. The SMILES string of the molecule is COc1ccc(OC)c(C2CC2C(=O)NCCC(C)(C)C(=O)O)c1. The Labute approximate surface area is 142 Å². The van der Waals surface area contributed by atoms with Gasteiger partial charge in [0.15, 0.2) is 0 Å². The van der Waals surface area contributed by atoms with Crippen molar-refractivity contribution in [1.82, 2.24) is 5.32 Å². The molecule has 6 heteroatoms. The number of amides is 1. The van der Waals surface area contributed by atoms with Crippen molar-refractivity contribution < 1.29 is 24.2 Å². The third-order valence-electron chi connectivity index (χ3n) is 4.59. The Bertz CT molecular complexity index is 626. The fourth-order valence-corrected chi connectivity index (χ4v) is 2.69. The normalized spacial score (nSPS) is 19.5. The number of methoxy groups -OCH3 is 2. The van der Waals surface area contributed by atoms with Gasteiger partial charge in [-0.1, -0.05) is 0 Å². The quantitative estimate of drug-likeness (QED) is 0.762. The molecule has 1 saturated carbocycles. The van der Waals surface area contributed by atoms with Gasteiger partial charge < -0.3 is 19.9 Å². The van der Waals surface area contributed by atoms with Crippen LogP contribution in [-0.2, 0) is 9.59 Å². The van der Waals surface area contributed by atoms with Crippen molar-refractivity contribution in [1.29, 1.82) is 0 Å². The van der Waals surface area contributed by atoms with Gasteiger partial charge in [0.1, 0.15) is 11.5 Å². The second-order valence-corrected chi connectivity index (χ2v) is 6.79. The van der Waals surface area contributed by atoms with Crippen LogP contribution in [0.4, 0.5) is 0 Å². The molecule has 0 heterocycles. The molecule has 6 nitrogen and oxygen atoms in total. The van der Waals surface area contributed by atoms with Gasteiger partial charge in [-0.05, 0) is 44.9 Å². The van der Waals surface area contributed by atoms with Gasteiger partial charge in [-0.3, -0.25) is 9.59 Å². The molecular weight excluding hydrogens is 310 g/mol. The number of carboxylic acid groups (broad SMARTS) is 1. The van der Waals surface area contributed by atoms with E-state index in [1.807, 2.05) is 18.2 Å². The summed E-state index contributed by atoms with van der Waals surface area (Å²) >= 11 is 0. The lowest BCUT2D eigenvalue weighted by Crippen LogP contribution is -2.32. The zero-order valence-corrected chi connectivity index (χ0v) is 14.6. The Morgan fingerprint density at radius 2 is 2.00 bits per heavy atom. The second-order valence-electron chi connectivity index (χ2n) is 6.79. The summed E-state index contributed by atoms with van der Waals surface area (Å²) in [5.74, 6) is 0.609. The predicted octanol–water partition coefficient (Wildman–Crippen LogP) is 2.42. The summed E-state index contributed by atoms with van der Waals surface area (Å²) in [6, 6.07) is 5.58. The van der Waals surface area contributed by atoms with E-state index < -0.39 is 11.4 Å². The molecule has 1 aromatic carbocycles. The first-order valence-corrected chi connectivity index (χ1v) is 8.03. The van der Waals surface area contributed by atoms with Crippen LogP contribution in [0, 0.1) is 11.3 Å². The standard InChI is InChI=1S/C18H25NO5/c1-18(2,17(21)22)7-8-19-16(20)14-10-12(14)13-9-11(23-3)5-6-15(13)24-4/h5-6,9,12,14H,7-8,10H2,1-4H3,(H,19,20)(H,21,22). The van der Waals surface area contributed by atoms with Crippen molar-refractivity contribution >= 4 is 11.9 Å². The Balaban J connectivity index is 1.93. The van der Waals surface area contributed by atoms with E-state index in [1.165, 1.54) is 0 Å². The lowest BCUT2D eigenvalue weighted by atomic mass is 9.90. The van der Waals surface area contributed by atoms with Gasteiger partial charge in [-0.25, -0.2) is 0 Å². The number of benzene rings is 1. The van der Waals surface area contributed by atoms with Crippen molar-refractivity contribution in [3.05, 3.63) is 23.8 Å². The molecule has 1 amide bonds. The molecule has 0 aromatic heterocycles. The van der Waals surface area contributed by atoms with Gasteiger partial charge in [0.25, 0.3) is 0 Å². The van der Waals surface area contributed by atoms with Crippen LogP contribution < -0.4 is 14.8 Å². The minimum absolute atomic E-state index is 0.0361. The molecular formula is C18H25NO5. The number of nitrogens with one attached hydrogen (secondary N) is 1. The van der Waals surface area contributed by atoms with Crippen LogP contribution in [0.3, 0.4) is 0 Å². The maximum atomic E-state index is 12.3. The number of aliphatic carboxylic acids is 1. The summed E-state index contributed by atoms with van der Waals surface area (Å²) in [4.78, 5) is 23.3. The molecule has 1 aliphatic carbocycles. The molecule has 132 valence electrons. The summed E-state index contributed by atoms with van der Waals surface area (Å²) in [6.45, 7) is 3.67. The van der Waals surface area contributed by atoms with Gasteiger partial charge >= 0.3 is 5.97 Å². The molecule has 2 N–H and O–H groups in total. The highest BCUT2D eigenvalue weighted by atomic mass is 16.5. The average molecular weight is 335 g/mol. The maximum absolute atomic E-state index is 12.3. The number of hydrogen-bond acceptors (Lipinski definition) is 4. The number of rotatable bonds is 8. The predicted molar refractivity (Wildman–Crippen MR) is 89.4 cm³/mol. The Hall–Kier alpha value is -2.24. The number of carbonyl (C=O) groups is 2. The van der Waals surface area contributed by atoms with Crippen molar-refractivity contribution in [2.24, 2.45) is 11.3 Å². The van der Waals surface area contributed by atoms with E-state index >= 15 is 0 Å². The smallest absolute Gasteiger partial charge is 0.309 e. The number of carbonyl (C=O) groups excluding carboxylic acids is 1. The second kappa shape index (κ2) is 7.11. The minimum atomic E-state index is -0.859. The van der Waals surface area contributed by atoms with Gasteiger partial charge in [0.05, 0.1) is 19.6 Å². The fraction of sp³-hybridized carbons (Fsp3) is 0.556. The summed E-state index contributed by atoms with van der Waals surface area (Å²) < 4.78 is 10.6. The largest absolute Gasteiger partial charge is 0.497 e. The Kier molecular flexibility index (Phi) is 5.36. The van der Waals surface area contributed by atoms with Crippen LogP contribution in [0.1, 0.15) is 38.2 Å².